The molecule has 0 spiro atoms. The van der Waals surface area contributed by atoms with Crippen LogP contribution >= 0.6 is 0 Å². The van der Waals surface area contributed by atoms with Gasteiger partial charge in [-0.25, -0.2) is 9.97 Å². The number of hydrogen-bond acceptors (Lipinski definition) is 5. The van der Waals surface area contributed by atoms with Crippen LogP contribution in [0.5, 0.6) is 0 Å². The number of anilines is 1. The zero-order valence-electron chi connectivity index (χ0n) is 12.9. The predicted molar refractivity (Wildman–Crippen MR) is 81.9 cm³/mol. The summed E-state index contributed by atoms with van der Waals surface area (Å²) in [4.78, 5) is 11.5. The van der Waals surface area contributed by atoms with Crippen molar-refractivity contribution in [2.24, 2.45) is 7.05 Å². The van der Waals surface area contributed by atoms with Gasteiger partial charge < -0.3 is 5.32 Å². The molecule has 1 aliphatic heterocycles. The van der Waals surface area contributed by atoms with Crippen molar-refractivity contribution in [1.29, 1.82) is 0 Å². The molecule has 3 heterocycles. The minimum atomic E-state index is 0.369. The molecule has 2 aromatic rings. The Kier molecular flexibility index (Phi) is 3.88. The minimum absolute atomic E-state index is 0.369. The highest BCUT2D eigenvalue weighted by atomic mass is 15.3. The van der Waals surface area contributed by atoms with Crippen molar-refractivity contribution >= 4 is 5.82 Å². The Morgan fingerprint density at radius 2 is 2.24 bits per heavy atom. The van der Waals surface area contributed by atoms with Gasteiger partial charge in [0.1, 0.15) is 11.6 Å². The molecule has 6 heteroatoms. The molecule has 0 aromatic carbocycles. The maximum absolute atomic E-state index is 4.65. The predicted octanol–water partition coefficient (Wildman–Crippen LogP) is 1.90. The van der Waals surface area contributed by atoms with E-state index in [1.807, 2.05) is 31.9 Å². The van der Waals surface area contributed by atoms with Gasteiger partial charge >= 0.3 is 0 Å². The third-order valence-corrected chi connectivity index (χ3v) is 4.11. The van der Waals surface area contributed by atoms with Crippen LogP contribution < -0.4 is 5.32 Å². The van der Waals surface area contributed by atoms with Gasteiger partial charge in [0.15, 0.2) is 0 Å². The molecule has 0 saturated carbocycles. The standard InChI is InChI=1S/C15H22N6/c1-11-18-13(9-15(16-2)19-11)14-5-4-8-21(14)10-12-6-7-17-20(12)3/h6-7,9,14H,4-5,8,10H2,1-3H3,(H,16,18,19)/t14-/m0/s1. The summed E-state index contributed by atoms with van der Waals surface area (Å²) in [6.45, 7) is 3.97. The molecule has 21 heavy (non-hydrogen) atoms. The summed E-state index contributed by atoms with van der Waals surface area (Å²) in [5, 5.41) is 7.37. The fourth-order valence-corrected chi connectivity index (χ4v) is 3.00. The van der Waals surface area contributed by atoms with Crippen molar-refractivity contribution < 1.29 is 0 Å². The molecular formula is C15H22N6. The first-order chi connectivity index (χ1) is 10.2. The van der Waals surface area contributed by atoms with Crippen LogP contribution in [0, 0.1) is 6.92 Å². The number of nitrogens with one attached hydrogen (secondary N) is 1. The van der Waals surface area contributed by atoms with Crippen molar-refractivity contribution in [2.45, 2.75) is 32.4 Å². The number of rotatable bonds is 4. The van der Waals surface area contributed by atoms with Gasteiger partial charge in [-0.05, 0) is 32.4 Å². The molecule has 0 aliphatic carbocycles. The van der Waals surface area contributed by atoms with Gasteiger partial charge in [-0.1, -0.05) is 0 Å². The Morgan fingerprint density at radius 1 is 1.38 bits per heavy atom. The van der Waals surface area contributed by atoms with E-state index in [0.717, 1.165) is 36.8 Å². The van der Waals surface area contributed by atoms with E-state index < -0.39 is 0 Å². The van der Waals surface area contributed by atoms with Crippen molar-refractivity contribution in [3.05, 3.63) is 35.5 Å². The zero-order valence-corrected chi connectivity index (χ0v) is 12.9. The number of aryl methyl sites for hydroxylation is 2. The Hall–Kier alpha value is -1.95. The smallest absolute Gasteiger partial charge is 0.129 e. The van der Waals surface area contributed by atoms with Gasteiger partial charge in [0.2, 0.25) is 0 Å². The Bertz CT molecular complexity index is 620. The third kappa shape index (κ3) is 2.90. The van der Waals surface area contributed by atoms with Crippen LogP contribution in [0.25, 0.3) is 0 Å². The lowest BCUT2D eigenvalue weighted by Crippen LogP contribution is -2.25. The van der Waals surface area contributed by atoms with E-state index in [4.69, 9.17) is 0 Å². The number of nitrogens with zero attached hydrogens (tertiary/aromatic N) is 5. The van der Waals surface area contributed by atoms with Crippen LogP contribution in [0.2, 0.25) is 0 Å². The van der Waals surface area contributed by atoms with Crippen LogP contribution in [-0.4, -0.2) is 38.2 Å². The van der Waals surface area contributed by atoms with Crippen LogP contribution in [0.3, 0.4) is 0 Å². The molecule has 3 rings (SSSR count). The van der Waals surface area contributed by atoms with E-state index in [2.05, 4.69) is 37.4 Å². The van der Waals surface area contributed by atoms with Crippen molar-refractivity contribution in [1.82, 2.24) is 24.6 Å². The zero-order chi connectivity index (χ0) is 14.8. The quantitative estimate of drug-likeness (QED) is 0.930. The first-order valence-corrected chi connectivity index (χ1v) is 7.41. The van der Waals surface area contributed by atoms with E-state index in [-0.39, 0.29) is 0 Å². The lowest BCUT2D eigenvalue weighted by molar-refractivity contribution is 0.237. The van der Waals surface area contributed by atoms with Crippen molar-refractivity contribution in [2.75, 3.05) is 18.9 Å². The minimum Gasteiger partial charge on any atom is -0.373 e. The number of likely N-dealkylation sites (tertiary alicyclic amines) is 1. The number of hydrogen-bond donors (Lipinski definition) is 1. The molecule has 6 nitrogen and oxygen atoms in total. The summed E-state index contributed by atoms with van der Waals surface area (Å²) in [7, 11) is 3.89. The van der Waals surface area contributed by atoms with Crippen molar-refractivity contribution in [3.63, 3.8) is 0 Å². The third-order valence-electron chi connectivity index (χ3n) is 4.11. The highest BCUT2D eigenvalue weighted by Gasteiger charge is 2.28. The monoisotopic (exact) mass is 286 g/mol. The van der Waals surface area contributed by atoms with Crippen LogP contribution in [0.1, 0.15) is 36.1 Å². The summed E-state index contributed by atoms with van der Waals surface area (Å²) in [5.41, 5.74) is 2.35. The molecule has 1 fully saturated rings. The lowest BCUT2D eigenvalue weighted by atomic mass is 10.1. The highest BCUT2D eigenvalue weighted by Crippen LogP contribution is 2.32. The Labute approximate surface area is 125 Å². The molecule has 0 bridgehead atoms. The SMILES string of the molecule is CNc1cc([C@@H]2CCCN2Cc2ccnn2C)nc(C)n1. The Balaban J connectivity index is 1.83. The van der Waals surface area contributed by atoms with E-state index in [9.17, 15) is 0 Å². The van der Waals surface area contributed by atoms with E-state index in [0.29, 0.717) is 6.04 Å². The highest BCUT2D eigenvalue weighted by molar-refractivity contribution is 5.36. The molecular weight excluding hydrogens is 264 g/mol. The lowest BCUT2D eigenvalue weighted by Gasteiger charge is -2.24. The number of aromatic nitrogens is 4. The van der Waals surface area contributed by atoms with E-state index in [1.165, 1.54) is 12.1 Å². The Morgan fingerprint density at radius 3 is 2.95 bits per heavy atom. The van der Waals surface area contributed by atoms with Gasteiger partial charge in [0, 0.05) is 32.9 Å². The van der Waals surface area contributed by atoms with Gasteiger partial charge in [-0.15, -0.1) is 0 Å². The molecule has 0 unspecified atom stereocenters. The fraction of sp³-hybridized carbons (Fsp3) is 0.533. The average molecular weight is 286 g/mol. The average Bonchev–Trinajstić information content (AvgIpc) is 3.08. The molecule has 0 radical (unpaired) electrons. The summed E-state index contributed by atoms with van der Waals surface area (Å²) in [6.07, 6.45) is 4.21. The van der Waals surface area contributed by atoms with Gasteiger partial charge in [-0.2, -0.15) is 5.10 Å². The molecule has 1 saturated heterocycles. The molecule has 1 N–H and O–H groups in total. The topological polar surface area (TPSA) is 58.9 Å². The summed E-state index contributed by atoms with van der Waals surface area (Å²) < 4.78 is 1.94. The van der Waals surface area contributed by atoms with Crippen LogP contribution in [0.4, 0.5) is 5.82 Å². The summed E-state index contributed by atoms with van der Waals surface area (Å²) >= 11 is 0. The van der Waals surface area contributed by atoms with Gasteiger partial charge in [0.05, 0.1) is 17.4 Å². The molecule has 2 aromatic heterocycles. The second kappa shape index (κ2) is 5.81. The largest absolute Gasteiger partial charge is 0.373 e. The molecule has 0 amide bonds. The molecule has 112 valence electrons. The normalized spacial score (nSPS) is 19.1. The first kappa shape index (κ1) is 14.0. The van der Waals surface area contributed by atoms with E-state index in [1.54, 1.807) is 0 Å². The second-order valence-electron chi connectivity index (χ2n) is 5.55. The van der Waals surface area contributed by atoms with Gasteiger partial charge in [-0.3, -0.25) is 9.58 Å². The maximum atomic E-state index is 4.65. The summed E-state index contributed by atoms with van der Waals surface area (Å²) in [6, 6.07) is 4.52. The van der Waals surface area contributed by atoms with E-state index >= 15 is 0 Å². The van der Waals surface area contributed by atoms with Gasteiger partial charge in [0.25, 0.3) is 0 Å². The first-order valence-electron chi connectivity index (χ1n) is 7.41. The molecule has 1 atom stereocenters. The van der Waals surface area contributed by atoms with Crippen LogP contribution in [-0.2, 0) is 13.6 Å². The van der Waals surface area contributed by atoms with Crippen LogP contribution in [0.15, 0.2) is 18.3 Å². The second-order valence-corrected chi connectivity index (χ2v) is 5.55. The molecule has 1 aliphatic rings. The summed E-state index contributed by atoms with van der Waals surface area (Å²) in [5.74, 6) is 1.72. The maximum Gasteiger partial charge on any atom is 0.129 e. The van der Waals surface area contributed by atoms with Crippen molar-refractivity contribution in [3.8, 4) is 0 Å². The fourth-order valence-electron chi connectivity index (χ4n) is 3.00.